The molecule has 0 unspecified atom stereocenters. The van der Waals surface area contributed by atoms with E-state index in [9.17, 15) is 4.79 Å². The molecule has 0 spiro atoms. The van der Waals surface area contributed by atoms with Crippen molar-refractivity contribution in [2.45, 2.75) is 19.8 Å². The van der Waals surface area contributed by atoms with Crippen molar-refractivity contribution in [3.8, 4) is 17.1 Å². The minimum Gasteiger partial charge on any atom is -0.497 e. The van der Waals surface area contributed by atoms with Crippen LogP contribution < -0.4 is 4.74 Å². The number of hydrogen-bond acceptors (Lipinski definition) is 6. The molecule has 0 N–H and O–H groups in total. The summed E-state index contributed by atoms with van der Waals surface area (Å²) >= 11 is 0. The number of benzene rings is 2. The zero-order chi connectivity index (χ0) is 21.6. The number of carbonyl (C=O) groups is 1. The molecule has 0 bridgehead atoms. The smallest absolute Gasteiger partial charge is 0.253 e. The van der Waals surface area contributed by atoms with Gasteiger partial charge in [-0.1, -0.05) is 35.0 Å². The molecule has 4 rings (SSSR count). The van der Waals surface area contributed by atoms with Gasteiger partial charge in [-0.2, -0.15) is 4.98 Å². The van der Waals surface area contributed by atoms with E-state index in [0.717, 1.165) is 56.9 Å². The fourth-order valence-corrected chi connectivity index (χ4v) is 3.72. The Balaban J connectivity index is 1.21. The van der Waals surface area contributed by atoms with Crippen LogP contribution in [0.1, 0.15) is 28.2 Å². The first-order chi connectivity index (χ1) is 15.1. The summed E-state index contributed by atoms with van der Waals surface area (Å²) < 4.78 is 10.6. The summed E-state index contributed by atoms with van der Waals surface area (Å²) in [6.07, 6.45) is 1.70. The predicted molar refractivity (Wildman–Crippen MR) is 118 cm³/mol. The van der Waals surface area contributed by atoms with Crippen LogP contribution in [0.5, 0.6) is 5.75 Å². The molecule has 3 aromatic rings. The van der Waals surface area contributed by atoms with Gasteiger partial charge in [0.05, 0.1) is 7.11 Å². The molecule has 1 aliphatic heterocycles. The zero-order valence-corrected chi connectivity index (χ0v) is 18.1. The first kappa shape index (κ1) is 21.1. The summed E-state index contributed by atoms with van der Waals surface area (Å²) in [5.41, 5.74) is 2.88. The molecule has 0 radical (unpaired) electrons. The van der Waals surface area contributed by atoms with E-state index in [2.05, 4.69) is 22.0 Å². The van der Waals surface area contributed by atoms with Crippen molar-refractivity contribution in [3.05, 3.63) is 65.5 Å². The third kappa shape index (κ3) is 5.30. The number of methoxy groups -OCH3 is 1. The Morgan fingerprint density at radius 3 is 2.42 bits per heavy atom. The third-order valence-electron chi connectivity index (χ3n) is 5.64. The highest BCUT2D eigenvalue weighted by molar-refractivity contribution is 5.94. The predicted octanol–water partition coefficient (Wildman–Crippen LogP) is 3.44. The van der Waals surface area contributed by atoms with Crippen LogP contribution in [0.4, 0.5) is 0 Å². The minimum atomic E-state index is 0.0804. The van der Waals surface area contributed by atoms with Gasteiger partial charge in [0.25, 0.3) is 5.91 Å². The topological polar surface area (TPSA) is 71.7 Å². The maximum absolute atomic E-state index is 12.7. The van der Waals surface area contributed by atoms with E-state index in [1.807, 2.05) is 53.4 Å². The molecule has 31 heavy (non-hydrogen) atoms. The van der Waals surface area contributed by atoms with Gasteiger partial charge in [-0.25, -0.2) is 0 Å². The molecule has 1 amide bonds. The number of aromatic nitrogens is 2. The van der Waals surface area contributed by atoms with Gasteiger partial charge in [-0.05, 0) is 44.2 Å². The second kappa shape index (κ2) is 9.75. The lowest BCUT2D eigenvalue weighted by atomic mass is 10.1. The first-order valence-electron chi connectivity index (χ1n) is 10.7. The Kier molecular flexibility index (Phi) is 6.62. The second-order valence-corrected chi connectivity index (χ2v) is 7.84. The van der Waals surface area contributed by atoms with Crippen molar-refractivity contribution in [1.82, 2.24) is 19.9 Å². The number of aryl methyl sites for hydroxylation is 2. The lowest BCUT2D eigenvalue weighted by Gasteiger charge is -2.34. The lowest BCUT2D eigenvalue weighted by molar-refractivity contribution is 0.0635. The highest BCUT2D eigenvalue weighted by atomic mass is 16.5. The van der Waals surface area contributed by atoms with Crippen LogP contribution in [0.2, 0.25) is 0 Å². The molecule has 1 saturated heterocycles. The molecule has 7 nitrogen and oxygen atoms in total. The summed E-state index contributed by atoms with van der Waals surface area (Å²) in [5, 5.41) is 4.10. The van der Waals surface area contributed by atoms with E-state index in [4.69, 9.17) is 9.26 Å². The maximum Gasteiger partial charge on any atom is 0.253 e. The Bertz CT molecular complexity index is 990. The fourth-order valence-electron chi connectivity index (χ4n) is 3.72. The number of ether oxygens (including phenoxy) is 1. The quantitative estimate of drug-likeness (QED) is 0.583. The molecule has 0 aliphatic carbocycles. The van der Waals surface area contributed by atoms with Gasteiger partial charge >= 0.3 is 0 Å². The monoisotopic (exact) mass is 420 g/mol. The molecule has 2 aromatic carbocycles. The molecule has 1 aromatic heterocycles. The van der Waals surface area contributed by atoms with Crippen molar-refractivity contribution in [2.75, 3.05) is 39.8 Å². The number of carbonyl (C=O) groups excluding carboxylic acids is 1. The summed E-state index contributed by atoms with van der Waals surface area (Å²) in [5.74, 6) is 2.15. The van der Waals surface area contributed by atoms with Gasteiger partial charge in [-0.3, -0.25) is 9.69 Å². The highest BCUT2D eigenvalue weighted by Crippen LogP contribution is 2.17. The van der Waals surface area contributed by atoms with Crippen LogP contribution in [-0.2, 0) is 6.42 Å². The number of piperazine rings is 1. The Hall–Kier alpha value is -3.19. The molecular formula is C24H28N4O3. The van der Waals surface area contributed by atoms with Crippen molar-refractivity contribution in [1.29, 1.82) is 0 Å². The zero-order valence-electron chi connectivity index (χ0n) is 18.1. The van der Waals surface area contributed by atoms with Gasteiger partial charge in [0.1, 0.15) is 5.75 Å². The van der Waals surface area contributed by atoms with Gasteiger partial charge in [0, 0.05) is 43.7 Å². The van der Waals surface area contributed by atoms with Gasteiger partial charge in [0.15, 0.2) is 0 Å². The van der Waals surface area contributed by atoms with Gasteiger partial charge < -0.3 is 14.2 Å². The number of rotatable bonds is 7. The Labute approximate surface area is 182 Å². The number of nitrogens with zero attached hydrogens (tertiary/aromatic N) is 4. The van der Waals surface area contributed by atoms with Gasteiger partial charge in [0.2, 0.25) is 11.7 Å². The van der Waals surface area contributed by atoms with Crippen LogP contribution in [0.15, 0.2) is 53.1 Å². The highest BCUT2D eigenvalue weighted by Gasteiger charge is 2.22. The van der Waals surface area contributed by atoms with E-state index < -0.39 is 0 Å². The summed E-state index contributed by atoms with van der Waals surface area (Å²) in [4.78, 5) is 21.5. The minimum absolute atomic E-state index is 0.0804. The Morgan fingerprint density at radius 2 is 1.74 bits per heavy atom. The Morgan fingerprint density at radius 1 is 1.03 bits per heavy atom. The number of hydrogen-bond donors (Lipinski definition) is 0. The van der Waals surface area contributed by atoms with Crippen LogP contribution in [0, 0.1) is 6.92 Å². The summed E-state index contributed by atoms with van der Waals surface area (Å²) in [7, 11) is 1.62. The average Bonchev–Trinajstić information content (AvgIpc) is 3.28. The van der Waals surface area contributed by atoms with Crippen molar-refractivity contribution < 1.29 is 14.1 Å². The maximum atomic E-state index is 12.7. The SMILES string of the molecule is COc1ccc(C(=O)N2CCN(CCCc3nc(-c4ccc(C)cc4)no3)CC2)cc1. The molecule has 1 fully saturated rings. The summed E-state index contributed by atoms with van der Waals surface area (Å²) in [6.45, 7) is 6.24. The molecule has 1 aliphatic rings. The van der Waals surface area contributed by atoms with Crippen LogP contribution in [-0.4, -0.2) is 65.7 Å². The largest absolute Gasteiger partial charge is 0.497 e. The first-order valence-corrected chi connectivity index (χ1v) is 10.7. The van der Waals surface area contributed by atoms with Crippen molar-refractivity contribution >= 4 is 5.91 Å². The van der Waals surface area contributed by atoms with E-state index in [1.165, 1.54) is 5.56 Å². The van der Waals surface area contributed by atoms with E-state index >= 15 is 0 Å². The molecule has 0 saturated carbocycles. The number of amides is 1. The molecule has 7 heteroatoms. The standard InChI is InChI=1S/C24H28N4O3/c1-18-5-7-19(8-6-18)23-25-22(31-26-23)4-3-13-27-14-16-28(17-15-27)24(29)20-9-11-21(30-2)12-10-20/h5-12H,3-4,13-17H2,1-2H3. The third-order valence-corrected chi connectivity index (χ3v) is 5.64. The van der Waals surface area contributed by atoms with E-state index in [1.54, 1.807) is 7.11 Å². The van der Waals surface area contributed by atoms with Gasteiger partial charge in [-0.15, -0.1) is 0 Å². The average molecular weight is 421 g/mol. The molecule has 162 valence electrons. The van der Waals surface area contributed by atoms with Crippen LogP contribution in [0.3, 0.4) is 0 Å². The molecular weight excluding hydrogens is 392 g/mol. The van der Waals surface area contributed by atoms with Crippen LogP contribution in [0.25, 0.3) is 11.4 Å². The molecule has 2 heterocycles. The van der Waals surface area contributed by atoms with E-state index in [-0.39, 0.29) is 5.91 Å². The van der Waals surface area contributed by atoms with E-state index in [0.29, 0.717) is 17.3 Å². The normalized spacial score (nSPS) is 14.6. The lowest BCUT2D eigenvalue weighted by Crippen LogP contribution is -2.48. The van der Waals surface area contributed by atoms with Crippen LogP contribution >= 0.6 is 0 Å². The summed E-state index contributed by atoms with van der Waals surface area (Å²) in [6, 6.07) is 15.4. The van der Waals surface area contributed by atoms with Crippen molar-refractivity contribution in [3.63, 3.8) is 0 Å². The van der Waals surface area contributed by atoms with Crippen molar-refractivity contribution in [2.24, 2.45) is 0 Å². The second-order valence-electron chi connectivity index (χ2n) is 7.84. The molecule has 0 atom stereocenters. The fraction of sp³-hybridized carbons (Fsp3) is 0.375.